The van der Waals surface area contributed by atoms with E-state index in [1.807, 2.05) is 7.05 Å². The van der Waals surface area contributed by atoms with Crippen LogP contribution in [0.5, 0.6) is 0 Å². The average molecular weight is 261 g/mol. The number of nitrogens with zero attached hydrogens (tertiary/aromatic N) is 1. The first-order valence-electron chi connectivity index (χ1n) is 6.01. The van der Waals surface area contributed by atoms with Gasteiger partial charge in [-0.3, -0.25) is 0 Å². The summed E-state index contributed by atoms with van der Waals surface area (Å²) < 4.78 is 0. The normalized spacial score (nSPS) is 14.1. The molecule has 0 radical (unpaired) electrons. The van der Waals surface area contributed by atoms with Crippen molar-refractivity contribution in [3.8, 4) is 0 Å². The second-order valence-electron chi connectivity index (χ2n) is 4.23. The smallest absolute Gasteiger partial charge is 0.334 e. The molecule has 0 saturated carbocycles. The first-order valence-corrected chi connectivity index (χ1v) is 6.01. The number of rotatable bonds is 8. The van der Waals surface area contributed by atoms with E-state index in [0.29, 0.717) is 19.1 Å². The fourth-order valence-corrected chi connectivity index (χ4v) is 1.22. The molecule has 0 spiro atoms. The van der Waals surface area contributed by atoms with E-state index >= 15 is 0 Å². The standard InChI is InChI=1S/C11H23N3O4/c1-4-8(2)14(3)6-5-12-11(18)13-7-9(15)10(16)17/h8-9,15H,4-7H2,1-3H3,(H,16,17)(H2,12,13,18). The number of carboxylic acids is 1. The molecule has 0 aromatic heterocycles. The van der Waals surface area contributed by atoms with Gasteiger partial charge in [-0.2, -0.15) is 0 Å². The molecule has 2 unspecified atom stereocenters. The van der Waals surface area contributed by atoms with Gasteiger partial charge >= 0.3 is 12.0 Å². The Hall–Kier alpha value is -1.34. The van der Waals surface area contributed by atoms with E-state index in [2.05, 4.69) is 29.4 Å². The Bertz CT molecular complexity index is 273. The number of hydrogen-bond acceptors (Lipinski definition) is 4. The monoisotopic (exact) mass is 261 g/mol. The fourth-order valence-electron chi connectivity index (χ4n) is 1.22. The highest BCUT2D eigenvalue weighted by Gasteiger charge is 2.13. The van der Waals surface area contributed by atoms with Gasteiger partial charge in [0.05, 0.1) is 6.54 Å². The maximum Gasteiger partial charge on any atom is 0.334 e. The summed E-state index contributed by atoms with van der Waals surface area (Å²) in [6.45, 7) is 5.07. The van der Waals surface area contributed by atoms with Crippen LogP contribution in [0.4, 0.5) is 4.79 Å². The molecule has 106 valence electrons. The van der Waals surface area contributed by atoms with E-state index in [9.17, 15) is 9.59 Å². The summed E-state index contributed by atoms with van der Waals surface area (Å²) in [5.41, 5.74) is 0. The van der Waals surface area contributed by atoms with Crippen LogP contribution in [0, 0.1) is 0 Å². The summed E-state index contributed by atoms with van der Waals surface area (Å²) in [5.74, 6) is -1.35. The number of nitrogens with one attached hydrogen (secondary N) is 2. The Balaban J connectivity index is 3.68. The zero-order valence-corrected chi connectivity index (χ0v) is 11.1. The van der Waals surface area contributed by atoms with Crippen molar-refractivity contribution < 1.29 is 19.8 Å². The third kappa shape index (κ3) is 7.08. The molecule has 4 N–H and O–H groups in total. The molecule has 0 aliphatic rings. The lowest BCUT2D eigenvalue weighted by Gasteiger charge is -2.23. The lowest BCUT2D eigenvalue weighted by Crippen LogP contribution is -2.44. The molecule has 2 amide bonds. The number of aliphatic hydroxyl groups excluding tert-OH is 1. The maximum absolute atomic E-state index is 11.2. The van der Waals surface area contributed by atoms with E-state index in [-0.39, 0.29) is 6.54 Å². The van der Waals surface area contributed by atoms with Gasteiger partial charge < -0.3 is 25.7 Å². The topological polar surface area (TPSA) is 102 Å². The van der Waals surface area contributed by atoms with Crippen LogP contribution in [0.3, 0.4) is 0 Å². The zero-order chi connectivity index (χ0) is 14.1. The minimum absolute atomic E-state index is 0.303. The number of amides is 2. The molecule has 7 heteroatoms. The Morgan fingerprint density at radius 2 is 1.94 bits per heavy atom. The summed E-state index contributed by atoms with van der Waals surface area (Å²) in [6, 6.07) is -0.0310. The molecule has 18 heavy (non-hydrogen) atoms. The third-order valence-corrected chi connectivity index (χ3v) is 2.83. The number of carbonyl (C=O) groups is 2. The molecule has 0 aliphatic carbocycles. The first kappa shape index (κ1) is 16.7. The number of carbonyl (C=O) groups excluding carboxylic acids is 1. The maximum atomic E-state index is 11.2. The van der Waals surface area contributed by atoms with Crippen LogP contribution in [0.25, 0.3) is 0 Å². The second-order valence-corrected chi connectivity index (χ2v) is 4.23. The highest BCUT2D eigenvalue weighted by Crippen LogP contribution is 1.97. The van der Waals surface area contributed by atoms with Crippen LogP contribution in [-0.4, -0.2) is 65.9 Å². The Morgan fingerprint density at radius 1 is 1.33 bits per heavy atom. The molecule has 7 nitrogen and oxygen atoms in total. The van der Waals surface area contributed by atoms with Crippen molar-refractivity contribution in [2.45, 2.75) is 32.4 Å². The quantitative estimate of drug-likeness (QED) is 0.470. The lowest BCUT2D eigenvalue weighted by atomic mass is 10.2. The van der Waals surface area contributed by atoms with Crippen LogP contribution in [0.1, 0.15) is 20.3 Å². The minimum atomic E-state index is -1.57. The minimum Gasteiger partial charge on any atom is -0.479 e. The molecule has 0 aliphatic heterocycles. The van der Waals surface area contributed by atoms with Crippen LogP contribution in [0.2, 0.25) is 0 Å². The highest BCUT2D eigenvalue weighted by molar-refractivity contribution is 5.76. The Labute approximate surface area is 107 Å². The van der Waals surface area contributed by atoms with Crippen molar-refractivity contribution >= 4 is 12.0 Å². The van der Waals surface area contributed by atoms with Crippen molar-refractivity contribution in [3.63, 3.8) is 0 Å². The number of hydrogen-bond donors (Lipinski definition) is 4. The van der Waals surface area contributed by atoms with Crippen molar-refractivity contribution in [2.24, 2.45) is 0 Å². The predicted octanol–water partition coefficient (Wildman–Crippen LogP) is -0.539. The molecule has 0 aromatic carbocycles. The van der Waals surface area contributed by atoms with Gasteiger partial charge in [0.2, 0.25) is 0 Å². The summed E-state index contributed by atoms with van der Waals surface area (Å²) >= 11 is 0. The molecule has 0 bridgehead atoms. The zero-order valence-electron chi connectivity index (χ0n) is 11.1. The molecular formula is C11H23N3O4. The third-order valence-electron chi connectivity index (χ3n) is 2.83. The van der Waals surface area contributed by atoms with E-state index in [1.54, 1.807) is 0 Å². The summed E-state index contributed by atoms with van der Waals surface area (Å²) in [4.78, 5) is 23.7. The average Bonchev–Trinajstić information content (AvgIpc) is 2.34. The number of likely N-dealkylation sites (N-methyl/N-ethyl adjacent to an activating group) is 1. The summed E-state index contributed by atoms with van der Waals surface area (Å²) in [5, 5.41) is 22.2. The van der Waals surface area contributed by atoms with Crippen LogP contribution >= 0.6 is 0 Å². The van der Waals surface area contributed by atoms with Gasteiger partial charge in [-0.15, -0.1) is 0 Å². The van der Waals surface area contributed by atoms with E-state index < -0.39 is 18.1 Å². The highest BCUT2D eigenvalue weighted by atomic mass is 16.4. The number of aliphatic hydroxyl groups is 1. The molecule has 0 aromatic rings. The van der Waals surface area contributed by atoms with Gasteiger partial charge in [0.25, 0.3) is 0 Å². The summed E-state index contributed by atoms with van der Waals surface area (Å²) in [6.07, 6.45) is -0.536. The van der Waals surface area contributed by atoms with E-state index in [4.69, 9.17) is 10.2 Å². The van der Waals surface area contributed by atoms with Crippen LogP contribution in [-0.2, 0) is 4.79 Å². The molecule has 0 rings (SSSR count). The molecular weight excluding hydrogens is 238 g/mol. The van der Waals surface area contributed by atoms with Gasteiger partial charge in [-0.05, 0) is 20.4 Å². The van der Waals surface area contributed by atoms with E-state index in [0.717, 1.165) is 6.42 Å². The largest absolute Gasteiger partial charge is 0.479 e. The van der Waals surface area contributed by atoms with Crippen LogP contribution in [0.15, 0.2) is 0 Å². The molecule has 0 fully saturated rings. The number of carboxylic acid groups (broad SMARTS) is 1. The predicted molar refractivity (Wildman–Crippen MR) is 67.4 cm³/mol. The number of aliphatic carboxylic acids is 1. The fraction of sp³-hybridized carbons (Fsp3) is 0.818. The van der Waals surface area contributed by atoms with Crippen molar-refractivity contribution in [1.82, 2.24) is 15.5 Å². The molecule has 0 heterocycles. The van der Waals surface area contributed by atoms with Gasteiger partial charge in [-0.1, -0.05) is 6.92 Å². The molecule has 2 atom stereocenters. The first-order chi connectivity index (χ1) is 8.38. The lowest BCUT2D eigenvalue weighted by molar-refractivity contribution is -0.146. The van der Waals surface area contributed by atoms with Crippen LogP contribution < -0.4 is 10.6 Å². The van der Waals surface area contributed by atoms with Gasteiger partial charge in [0.15, 0.2) is 6.10 Å². The van der Waals surface area contributed by atoms with Crippen molar-refractivity contribution in [1.29, 1.82) is 0 Å². The van der Waals surface area contributed by atoms with Crippen molar-refractivity contribution in [3.05, 3.63) is 0 Å². The van der Waals surface area contributed by atoms with Gasteiger partial charge in [0, 0.05) is 19.1 Å². The van der Waals surface area contributed by atoms with E-state index in [1.165, 1.54) is 0 Å². The Kier molecular flexibility index (Phi) is 8.06. The van der Waals surface area contributed by atoms with Gasteiger partial charge in [-0.25, -0.2) is 9.59 Å². The van der Waals surface area contributed by atoms with Crippen molar-refractivity contribution in [2.75, 3.05) is 26.7 Å². The second kappa shape index (κ2) is 8.71. The van der Waals surface area contributed by atoms with Gasteiger partial charge in [0.1, 0.15) is 0 Å². The summed E-state index contributed by atoms with van der Waals surface area (Å²) in [7, 11) is 1.97. The number of urea groups is 1. The molecule has 0 saturated heterocycles. The Morgan fingerprint density at radius 3 is 2.44 bits per heavy atom. The SMILES string of the molecule is CCC(C)N(C)CCNC(=O)NCC(O)C(=O)O.